The van der Waals surface area contributed by atoms with Crippen LogP contribution in [0, 0.1) is 5.41 Å². The van der Waals surface area contributed by atoms with Crippen LogP contribution in [0.4, 0.5) is 0 Å². The van der Waals surface area contributed by atoms with Gasteiger partial charge in [0.25, 0.3) is 5.91 Å². The molecule has 1 aliphatic heterocycles. The lowest BCUT2D eigenvalue weighted by Gasteiger charge is -2.14. The monoisotopic (exact) mass is 452 g/mol. The first-order chi connectivity index (χ1) is 12.5. The summed E-state index contributed by atoms with van der Waals surface area (Å²) in [5, 5.41) is 10.7. The van der Waals surface area contributed by atoms with Crippen molar-refractivity contribution in [2.75, 3.05) is 7.11 Å². The van der Waals surface area contributed by atoms with Gasteiger partial charge in [-0.15, -0.1) is 0 Å². The summed E-state index contributed by atoms with van der Waals surface area (Å²) < 4.78 is 12.0. The minimum Gasteiger partial charge on any atom is -0.493 e. The molecular formula is C18H14BrClN2O3S. The largest absolute Gasteiger partial charge is 0.493 e. The molecule has 3 rings (SSSR count). The van der Waals surface area contributed by atoms with E-state index in [0.717, 1.165) is 22.9 Å². The molecule has 1 aliphatic rings. The predicted molar refractivity (Wildman–Crippen MR) is 108 cm³/mol. The molecule has 0 saturated carbocycles. The molecule has 8 heteroatoms. The summed E-state index contributed by atoms with van der Waals surface area (Å²) in [5.41, 5.74) is 1.74. The lowest BCUT2D eigenvalue weighted by Crippen LogP contribution is -2.18. The molecular weight excluding hydrogens is 440 g/mol. The molecule has 2 N–H and O–H groups in total. The Morgan fingerprint density at radius 1 is 1.31 bits per heavy atom. The first-order valence-corrected chi connectivity index (χ1v) is 9.49. The molecule has 26 heavy (non-hydrogen) atoms. The quantitative estimate of drug-likeness (QED) is 0.636. The van der Waals surface area contributed by atoms with Crippen LogP contribution >= 0.6 is 39.3 Å². The van der Waals surface area contributed by atoms with E-state index in [4.69, 9.17) is 26.5 Å². The molecule has 0 bridgehead atoms. The van der Waals surface area contributed by atoms with Crippen molar-refractivity contribution in [3.63, 3.8) is 0 Å². The van der Waals surface area contributed by atoms with Crippen LogP contribution in [0.25, 0.3) is 6.08 Å². The van der Waals surface area contributed by atoms with Gasteiger partial charge < -0.3 is 14.8 Å². The van der Waals surface area contributed by atoms with Crippen LogP contribution in [-0.4, -0.2) is 18.2 Å². The van der Waals surface area contributed by atoms with Gasteiger partial charge in [0, 0.05) is 5.02 Å². The number of amidine groups is 1. The number of carbonyl (C=O) groups is 1. The van der Waals surface area contributed by atoms with E-state index in [0.29, 0.717) is 32.5 Å². The molecule has 0 aliphatic carbocycles. The van der Waals surface area contributed by atoms with Gasteiger partial charge >= 0.3 is 0 Å². The minimum absolute atomic E-state index is 0.121. The van der Waals surface area contributed by atoms with E-state index in [1.807, 2.05) is 30.3 Å². The minimum atomic E-state index is -0.279. The van der Waals surface area contributed by atoms with Crippen molar-refractivity contribution in [3.05, 3.63) is 61.9 Å². The van der Waals surface area contributed by atoms with Crippen molar-refractivity contribution in [1.82, 2.24) is 5.32 Å². The van der Waals surface area contributed by atoms with E-state index in [2.05, 4.69) is 21.2 Å². The van der Waals surface area contributed by atoms with Gasteiger partial charge in [-0.3, -0.25) is 10.2 Å². The average Bonchev–Trinajstić information content (AvgIpc) is 2.92. The van der Waals surface area contributed by atoms with Crippen molar-refractivity contribution >= 4 is 56.4 Å². The number of benzene rings is 2. The number of thioether (sulfide) groups is 1. The summed E-state index contributed by atoms with van der Waals surface area (Å²) in [7, 11) is 1.56. The number of amides is 1. The molecule has 0 radical (unpaired) electrons. The standard InChI is InChI=1S/C18H14BrClN2O3S/c1-24-14-7-11(8-15-17(23)22-18(21)26-15)6-13(19)16(14)25-9-10-2-4-12(20)5-3-10/h2-8H,9H2,1H3,(H2,21,22,23). The number of carbonyl (C=O) groups excluding carboxylic acids is 1. The molecule has 0 aromatic heterocycles. The highest BCUT2D eigenvalue weighted by Crippen LogP contribution is 2.38. The van der Waals surface area contributed by atoms with Gasteiger partial charge in [-0.1, -0.05) is 23.7 Å². The molecule has 2 aromatic carbocycles. The zero-order valence-electron chi connectivity index (χ0n) is 13.6. The van der Waals surface area contributed by atoms with Crippen LogP contribution < -0.4 is 14.8 Å². The molecule has 1 saturated heterocycles. The fourth-order valence-corrected chi connectivity index (χ4v) is 3.69. The van der Waals surface area contributed by atoms with Crippen molar-refractivity contribution in [1.29, 1.82) is 5.41 Å². The topological polar surface area (TPSA) is 71.4 Å². The second-order valence-electron chi connectivity index (χ2n) is 5.34. The van der Waals surface area contributed by atoms with Crippen LogP contribution in [0.5, 0.6) is 11.5 Å². The molecule has 1 heterocycles. The smallest absolute Gasteiger partial charge is 0.264 e. The van der Waals surface area contributed by atoms with Crippen molar-refractivity contribution < 1.29 is 14.3 Å². The van der Waals surface area contributed by atoms with Crippen LogP contribution in [0.15, 0.2) is 45.8 Å². The molecule has 0 atom stereocenters. The summed E-state index contributed by atoms with van der Waals surface area (Å²) in [4.78, 5) is 12.2. The van der Waals surface area contributed by atoms with Crippen LogP contribution in [0.1, 0.15) is 11.1 Å². The van der Waals surface area contributed by atoms with Gasteiger partial charge in [-0.2, -0.15) is 0 Å². The molecule has 1 amide bonds. The number of rotatable bonds is 5. The number of hydrogen-bond acceptors (Lipinski definition) is 5. The molecule has 5 nitrogen and oxygen atoms in total. The van der Waals surface area contributed by atoms with E-state index >= 15 is 0 Å². The molecule has 2 aromatic rings. The molecule has 0 spiro atoms. The predicted octanol–water partition coefficient (Wildman–Crippen LogP) is 4.83. The second kappa shape index (κ2) is 8.16. The normalized spacial score (nSPS) is 15.3. The first kappa shape index (κ1) is 18.8. The Balaban J connectivity index is 1.83. The molecule has 1 fully saturated rings. The highest BCUT2D eigenvalue weighted by atomic mass is 79.9. The van der Waals surface area contributed by atoms with Crippen molar-refractivity contribution in [2.45, 2.75) is 6.61 Å². The van der Waals surface area contributed by atoms with E-state index in [-0.39, 0.29) is 11.1 Å². The molecule has 134 valence electrons. The summed E-state index contributed by atoms with van der Waals surface area (Å²) in [5.74, 6) is 0.831. The summed E-state index contributed by atoms with van der Waals surface area (Å²) in [6.45, 7) is 0.363. The Hall–Kier alpha value is -1.96. The van der Waals surface area contributed by atoms with Gasteiger partial charge in [-0.05, 0) is 69.2 Å². The third-order valence-electron chi connectivity index (χ3n) is 3.51. The van der Waals surface area contributed by atoms with Crippen LogP contribution in [0.3, 0.4) is 0 Å². The molecule has 0 unspecified atom stereocenters. The summed E-state index contributed by atoms with van der Waals surface area (Å²) in [6, 6.07) is 11.0. The third-order valence-corrected chi connectivity index (χ3v) is 5.18. The second-order valence-corrected chi connectivity index (χ2v) is 7.69. The maximum atomic E-state index is 11.8. The Labute approximate surface area is 168 Å². The van der Waals surface area contributed by atoms with Gasteiger partial charge in [0.05, 0.1) is 16.5 Å². The Morgan fingerprint density at radius 3 is 2.65 bits per heavy atom. The Kier molecular flexibility index (Phi) is 5.90. The lowest BCUT2D eigenvalue weighted by atomic mass is 10.2. The van der Waals surface area contributed by atoms with Gasteiger partial charge in [-0.25, -0.2) is 0 Å². The van der Waals surface area contributed by atoms with E-state index in [1.165, 1.54) is 0 Å². The van der Waals surface area contributed by atoms with Gasteiger partial charge in [0.2, 0.25) is 0 Å². The summed E-state index contributed by atoms with van der Waals surface area (Å²) >= 11 is 10.5. The number of methoxy groups -OCH3 is 1. The maximum Gasteiger partial charge on any atom is 0.264 e. The van der Waals surface area contributed by atoms with E-state index in [9.17, 15) is 4.79 Å². The maximum absolute atomic E-state index is 11.8. The number of nitrogens with one attached hydrogen (secondary N) is 2. The fraction of sp³-hybridized carbons (Fsp3) is 0.111. The SMILES string of the molecule is COc1cc(C=C2SC(=N)NC2=O)cc(Br)c1OCc1ccc(Cl)cc1. The summed E-state index contributed by atoms with van der Waals surface area (Å²) in [6.07, 6.45) is 1.71. The zero-order valence-corrected chi connectivity index (χ0v) is 16.8. The van der Waals surface area contributed by atoms with E-state index in [1.54, 1.807) is 19.3 Å². The highest BCUT2D eigenvalue weighted by Gasteiger charge is 2.22. The number of hydrogen-bond donors (Lipinski definition) is 2. The fourth-order valence-electron chi connectivity index (χ4n) is 2.29. The highest BCUT2D eigenvalue weighted by molar-refractivity contribution is 9.10. The zero-order chi connectivity index (χ0) is 18.7. The van der Waals surface area contributed by atoms with Crippen LogP contribution in [0.2, 0.25) is 5.02 Å². The number of ether oxygens (including phenoxy) is 2. The third kappa shape index (κ3) is 4.41. The van der Waals surface area contributed by atoms with Crippen molar-refractivity contribution in [3.8, 4) is 11.5 Å². The Bertz CT molecular complexity index is 900. The van der Waals surface area contributed by atoms with Crippen LogP contribution in [-0.2, 0) is 11.4 Å². The first-order valence-electron chi connectivity index (χ1n) is 7.50. The van der Waals surface area contributed by atoms with Gasteiger partial charge in [0.15, 0.2) is 16.7 Å². The van der Waals surface area contributed by atoms with Crippen molar-refractivity contribution in [2.24, 2.45) is 0 Å². The Morgan fingerprint density at radius 2 is 2.04 bits per heavy atom. The lowest BCUT2D eigenvalue weighted by molar-refractivity contribution is -0.115. The van der Waals surface area contributed by atoms with Gasteiger partial charge in [0.1, 0.15) is 6.61 Å². The number of halogens is 2. The average molecular weight is 454 g/mol. The van der Waals surface area contributed by atoms with E-state index < -0.39 is 0 Å².